The molecule has 9 heteroatoms. The van der Waals surface area contributed by atoms with Crippen LogP contribution in [0, 0.1) is 16.0 Å². The molecule has 0 amide bonds. The van der Waals surface area contributed by atoms with E-state index in [4.69, 9.17) is 5.73 Å². The zero-order valence-electron chi connectivity index (χ0n) is 14.4. The predicted octanol–water partition coefficient (Wildman–Crippen LogP) is 2.57. The maximum Gasteiger partial charge on any atom is 0.270 e. The summed E-state index contributed by atoms with van der Waals surface area (Å²) >= 11 is 0. The van der Waals surface area contributed by atoms with Gasteiger partial charge in [0, 0.05) is 31.8 Å². The molecule has 0 fully saturated rings. The van der Waals surface area contributed by atoms with Gasteiger partial charge < -0.3 is 5.73 Å². The first kappa shape index (κ1) is 22.8. The summed E-state index contributed by atoms with van der Waals surface area (Å²) in [4.78, 5) is 10.3. The van der Waals surface area contributed by atoms with E-state index in [1.807, 2.05) is 20.8 Å². The van der Waals surface area contributed by atoms with Crippen molar-refractivity contribution in [2.45, 2.75) is 44.6 Å². The molecule has 2 N–H and O–H groups in total. The Labute approximate surface area is 149 Å². The molecular formula is C15H26ClN3O4S. The number of sulfonamides is 1. The van der Waals surface area contributed by atoms with Gasteiger partial charge in [-0.2, -0.15) is 0 Å². The number of nitro benzene ring substituents is 1. The summed E-state index contributed by atoms with van der Waals surface area (Å²) in [5, 5.41) is 10.9. The van der Waals surface area contributed by atoms with Crippen molar-refractivity contribution in [2.75, 3.05) is 13.6 Å². The van der Waals surface area contributed by atoms with Crippen LogP contribution in [0.25, 0.3) is 0 Å². The fraction of sp³-hybridized carbons (Fsp3) is 0.600. The molecule has 1 aromatic rings. The Kier molecular flexibility index (Phi) is 8.84. The molecule has 0 aliphatic rings. The summed E-state index contributed by atoms with van der Waals surface area (Å²) in [6, 6.07) is 3.86. The summed E-state index contributed by atoms with van der Waals surface area (Å²) in [6.45, 7) is 6.05. The summed E-state index contributed by atoms with van der Waals surface area (Å²) in [6.07, 6.45) is 1.01. The SMILES string of the molecule is CCc1ccc([N+](=O)[O-])cc1S(=O)(=O)N(C)CCC(N)C(C)C.Cl. The van der Waals surface area contributed by atoms with Gasteiger partial charge in [-0.25, -0.2) is 12.7 Å². The van der Waals surface area contributed by atoms with Gasteiger partial charge in [0.05, 0.1) is 9.82 Å². The van der Waals surface area contributed by atoms with Gasteiger partial charge in [0.1, 0.15) is 0 Å². The first-order valence-electron chi connectivity index (χ1n) is 7.60. The molecule has 1 rings (SSSR count). The lowest BCUT2D eigenvalue weighted by Gasteiger charge is -2.22. The Morgan fingerprint density at radius 1 is 1.33 bits per heavy atom. The number of non-ortho nitro benzene ring substituents is 1. The van der Waals surface area contributed by atoms with Crippen molar-refractivity contribution in [2.24, 2.45) is 11.7 Å². The molecule has 0 aliphatic heterocycles. The minimum absolute atomic E-state index is 0. The van der Waals surface area contributed by atoms with Gasteiger partial charge in [-0.15, -0.1) is 12.4 Å². The minimum atomic E-state index is -3.79. The number of benzene rings is 1. The van der Waals surface area contributed by atoms with Crippen LogP contribution in [0.1, 0.15) is 32.8 Å². The van der Waals surface area contributed by atoms with Crippen LogP contribution in [0.15, 0.2) is 23.1 Å². The van der Waals surface area contributed by atoms with Crippen LogP contribution in [0.5, 0.6) is 0 Å². The van der Waals surface area contributed by atoms with Gasteiger partial charge in [0.15, 0.2) is 0 Å². The average Bonchev–Trinajstić information content (AvgIpc) is 2.50. The third-order valence-electron chi connectivity index (χ3n) is 3.96. The molecule has 24 heavy (non-hydrogen) atoms. The number of hydrogen-bond acceptors (Lipinski definition) is 5. The molecule has 0 radical (unpaired) electrons. The quantitative estimate of drug-likeness (QED) is 0.551. The molecule has 7 nitrogen and oxygen atoms in total. The Morgan fingerprint density at radius 3 is 2.38 bits per heavy atom. The first-order chi connectivity index (χ1) is 10.6. The number of halogens is 1. The highest BCUT2D eigenvalue weighted by Gasteiger charge is 2.26. The smallest absolute Gasteiger partial charge is 0.270 e. The maximum atomic E-state index is 12.7. The Balaban J connectivity index is 0.00000529. The third kappa shape index (κ3) is 5.41. The molecule has 0 aliphatic carbocycles. The summed E-state index contributed by atoms with van der Waals surface area (Å²) in [5.74, 6) is 0.259. The lowest BCUT2D eigenvalue weighted by atomic mass is 10.0. The van der Waals surface area contributed by atoms with Crippen LogP contribution in [0.3, 0.4) is 0 Å². The van der Waals surface area contributed by atoms with Crippen LogP contribution in [0.2, 0.25) is 0 Å². The molecule has 0 aromatic heterocycles. The molecule has 138 valence electrons. The zero-order chi connectivity index (χ0) is 17.8. The molecule has 1 atom stereocenters. The monoisotopic (exact) mass is 379 g/mol. The van der Waals surface area contributed by atoms with Crippen molar-refractivity contribution in [1.82, 2.24) is 4.31 Å². The third-order valence-corrected chi connectivity index (χ3v) is 5.90. The highest BCUT2D eigenvalue weighted by Crippen LogP contribution is 2.25. The number of hydrogen-bond donors (Lipinski definition) is 1. The van der Waals surface area contributed by atoms with E-state index in [0.717, 1.165) is 6.07 Å². The van der Waals surface area contributed by atoms with Gasteiger partial charge >= 0.3 is 0 Å². The standard InChI is InChI=1S/C15H25N3O4S.ClH/c1-5-12-6-7-13(18(19)20)10-15(12)23(21,22)17(4)9-8-14(16)11(2)3;/h6-7,10-11,14H,5,8-9,16H2,1-4H3;1H. The minimum Gasteiger partial charge on any atom is -0.327 e. The van der Waals surface area contributed by atoms with E-state index in [1.165, 1.54) is 23.5 Å². The lowest BCUT2D eigenvalue weighted by molar-refractivity contribution is -0.385. The van der Waals surface area contributed by atoms with Crippen molar-refractivity contribution >= 4 is 28.1 Å². The van der Waals surface area contributed by atoms with E-state index < -0.39 is 14.9 Å². The van der Waals surface area contributed by atoms with Gasteiger partial charge in [0.2, 0.25) is 10.0 Å². The second-order valence-electron chi connectivity index (χ2n) is 5.93. The summed E-state index contributed by atoms with van der Waals surface area (Å²) in [7, 11) is -2.31. The van der Waals surface area contributed by atoms with E-state index in [-0.39, 0.29) is 41.5 Å². The van der Waals surface area contributed by atoms with Gasteiger partial charge in [-0.05, 0) is 24.3 Å². The van der Waals surface area contributed by atoms with Crippen molar-refractivity contribution in [3.8, 4) is 0 Å². The first-order valence-corrected chi connectivity index (χ1v) is 9.04. The molecule has 0 bridgehead atoms. The van der Waals surface area contributed by atoms with Gasteiger partial charge in [-0.1, -0.05) is 26.8 Å². The lowest BCUT2D eigenvalue weighted by Crippen LogP contribution is -2.35. The second-order valence-corrected chi connectivity index (χ2v) is 7.94. The highest BCUT2D eigenvalue weighted by atomic mass is 35.5. The fourth-order valence-electron chi connectivity index (χ4n) is 2.14. The van der Waals surface area contributed by atoms with E-state index >= 15 is 0 Å². The molecule has 0 heterocycles. The summed E-state index contributed by atoms with van der Waals surface area (Å²) in [5.41, 5.74) is 6.29. The van der Waals surface area contributed by atoms with Crippen LogP contribution in [-0.2, 0) is 16.4 Å². The zero-order valence-corrected chi connectivity index (χ0v) is 16.1. The maximum absolute atomic E-state index is 12.7. The fourth-order valence-corrected chi connectivity index (χ4v) is 3.64. The van der Waals surface area contributed by atoms with Crippen molar-refractivity contribution < 1.29 is 13.3 Å². The van der Waals surface area contributed by atoms with E-state index in [2.05, 4.69) is 0 Å². The number of nitrogens with two attached hydrogens (primary N) is 1. The molecule has 0 saturated carbocycles. The molecule has 1 unspecified atom stereocenters. The Bertz CT molecular complexity index is 665. The number of nitro groups is 1. The van der Waals surface area contributed by atoms with Crippen LogP contribution in [-0.4, -0.2) is 37.3 Å². The Hall–Kier alpha value is -1.22. The van der Waals surface area contributed by atoms with Crippen molar-refractivity contribution in [3.63, 3.8) is 0 Å². The molecule has 0 spiro atoms. The molecule has 1 aromatic carbocycles. The average molecular weight is 380 g/mol. The number of nitrogens with zero attached hydrogens (tertiary/aromatic N) is 2. The van der Waals surface area contributed by atoms with E-state index in [9.17, 15) is 18.5 Å². The normalized spacial score (nSPS) is 13.0. The number of aryl methyl sites for hydroxylation is 1. The van der Waals surface area contributed by atoms with E-state index in [0.29, 0.717) is 18.4 Å². The number of rotatable bonds is 8. The van der Waals surface area contributed by atoms with Crippen LogP contribution in [0.4, 0.5) is 5.69 Å². The topological polar surface area (TPSA) is 107 Å². The highest BCUT2D eigenvalue weighted by molar-refractivity contribution is 7.89. The predicted molar refractivity (Wildman–Crippen MR) is 97.0 cm³/mol. The van der Waals surface area contributed by atoms with Crippen LogP contribution < -0.4 is 5.73 Å². The second kappa shape index (κ2) is 9.31. The van der Waals surface area contributed by atoms with Gasteiger partial charge in [-0.3, -0.25) is 10.1 Å². The molecular weight excluding hydrogens is 354 g/mol. The molecule has 0 saturated heterocycles. The Morgan fingerprint density at radius 2 is 1.92 bits per heavy atom. The van der Waals surface area contributed by atoms with E-state index in [1.54, 1.807) is 0 Å². The van der Waals surface area contributed by atoms with Gasteiger partial charge in [0.25, 0.3) is 5.69 Å². The van der Waals surface area contributed by atoms with Crippen molar-refractivity contribution in [1.29, 1.82) is 0 Å². The summed E-state index contributed by atoms with van der Waals surface area (Å²) < 4.78 is 26.7. The van der Waals surface area contributed by atoms with Crippen LogP contribution >= 0.6 is 12.4 Å². The van der Waals surface area contributed by atoms with Crippen molar-refractivity contribution in [3.05, 3.63) is 33.9 Å². The largest absolute Gasteiger partial charge is 0.327 e.